The van der Waals surface area contributed by atoms with Gasteiger partial charge in [0.05, 0.1) is 18.8 Å². The van der Waals surface area contributed by atoms with E-state index in [-0.39, 0.29) is 0 Å². The largest absolute Gasteiger partial charge is 0.496 e. The van der Waals surface area contributed by atoms with Crippen LogP contribution in [-0.2, 0) is 5.60 Å². The fourth-order valence-electron chi connectivity index (χ4n) is 4.02. The molecule has 0 amide bonds. The Morgan fingerprint density at radius 2 is 1.79 bits per heavy atom. The Bertz CT molecular complexity index is 816. The number of piperidine rings is 1. The molecular weight excluding hydrogens is 358 g/mol. The zero-order valence-corrected chi connectivity index (χ0v) is 16.1. The van der Waals surface area contributed by atoms with E-state index in [9.17, 15) is 10.2 Å². The Hall–Kier alpha value is -2.28. The van der Waals surface area contributed by atoms with Gasteiger partial charge in [-0.05, 0) is 36.6 Å². The topological polar surface area (TPSA) is 71.4 Å². The summed E-state index contributed by atoms with van der Waals surface area (Å²) >= 11 is 0. The summed E-state index contributed by atoms with van der Waals surface area (Å²) in [6.07, 6.45) is 0.580. The molecule has 0 saturated carbocycles. The minimum absolute atomic E-state index is 0.516. The second kappa shape index (κ2) is 7.99. The standard InChI is InChI=1S/C22H27NO5/c1-26-19-5-3-2-4-17(19)22(25)8-10-23(11-9-22)15-18(24)16-6-7-20-21(14-16)28-13-12-27-20/h2-7,14,18,24-25H,8-13,15H2,1H3/t18-/m1/s1. The van der Waals surface area contributed by atoms with Crippen LogP contribution >= 0.6 is 0 Å². The number of benzene rings is 2. The van der Waals surface area contributed by atoms with Gasteiger partial charge in [-0.1, -0.05) is 24.3 Å². The molecule has 4 rings (SSSR count). The van der Waals surface area contributed by atoms with E-state index in [1.807, 2.05) is 42.5 Å². The molecule has 0 bridgehead atoms. The summed E-state index contributed by atoms with van der Waals surface area (Å²) in [6.45, 7) is 3.01. The Balaban J connectivity index is 1.39. The van der Waals surface area contributed by atoms with Gasteiger partial charge in [-0.25, -0.2) is 0 Å². The fourth-order valence-corrected chi connectivity index (χ4v) is 4.02. The highest BCUT2D eigenvalue weighted by molar-refractivity contribution is 5.44. The normalized spacial score (nSPS) is 19.8. The third kappa shape index (κ3) is 3.81. The summed E-state index contributed by atoms with van der Waals surface area (Å²) < 4.78 is 16.6. The molecule has 1 fully saturated rings. The minimum Gasteiger partial charge on any atom is -0.496 e. The van der Waals surface area contributed by atoms with Crippen LogP contribution in [0.4, 0.5) is 0 Å². The summed E-state index contributed by atoms with van der Waals surface area (Å²) in [4.78, 5) is 2.19. The average molecular weight is 385 g/mol. The van der Waals surface area contributed by atoms with E-state index in [1.165, 1.54) is 0 Å². The van der Waals surface area contributed by atoms with Crippen LogP contribution in [0.2, 0.25) is 0 Å². The van der Waals surface area contributed by atoms with Crippen LogP contribution in [-0.4, -0.2) is 55.1 Å². The third-order valence-corrected chi connectivity index (χ3v) is 5.67. The van der Waals surface area contributed by atoms with Crippen molar-refractivity contribution in [3.05, 3.63) is 53.6 Å². The molecule has 2 aliphatic heterocycles. The molecule has 1 saturated heterocycles. The smallest absolute Gasteiger partial charge is 0.161 e. The predicted molar refractivity (Wildman–Crippen MR) is 105 cm³/mol. The van der Waals surface area contributed by atoms with Crippen molar-refractivity contribution in [3.63, 3.8) is 0 Å². The van der Waals surface area contributed by atoms with Crippen LogP contribution in [0.1, 0.15) is 30.1 Å². The molecule has 2 heterocycles. The van der Waals surface area contributed by atoms with Crippen LogP contribution in [0, 0.1) is 0 Å². The molecule has 2 aromatic carbocycles. The second-order valence-electron chi connectivity index (χ2n) is 7.45. The van der Waals surface area contributed by atoms with Crippen LogP contribution in [0.5, 0.6) is 17.2 Å². The number of nitrogens with zero attached hydrogens (tertiary/aromatic N) is 1. The monoisotopic (exact) mass is 385 g/mol. The number of β-amino-alcohol motifs (C(OH)–C–C–N with tert-alkyl or cyclic N) is 1. The molecule has 0 radical (unpaired) electrons. The Morgan fingerprint density at radius 3 is 2.54 bits per heavy atom. The van der Waals surface area contributed by atoms with Crippen molar-refractivity contribution in [2.45, 2.75) is 24.5 Å². The molecule has 1 atom stereocenters. The van der Waals surface area contributed by atoms with E-state index in [0.29, 0.717) is 51.4 Å². The lowest BCUT2D eigenvalue weighted by Crippen LogP contribution is -2.44. The van der Waals surface area contributed by atoms with E-state index in [2.05, 4.69) is 4.90 Å². The number of hydrogen-bond donors (Lipinski definition) is 2. The number of para-hydroxylation sites is 1. The average Bonchev–Trinajstić information content (AvgIpc) is 2.75. The number of rotatable bonds is 5. The van der Waals surface area contributed by atoms with E-state index in [4.69, 9.17) is 14.2 Å². The maximum Gasteiger partial charge on any atom is 0.161 e. The molecule has 0 aromatic heterocycles. The first kappa shape index (κ1) is 19.1. The number of likely N-dealkylation sites (tertiary alicyclic amines) is 1. The van der Waals surface area contributed by atoms with Gasteiger partial charge in [0.1, 0.15) is 19.0 Å². The van der Waals surface area contributed by atoms with Crippen LogP contribution in [0.3, 0.4) is 0 Å². The quantitative estimate of drug-likeness (QED) is 0.824. The number of hydrogen-bond acceptors (Lipinski definition) is 6. The van der Waals surface area contributed by atoms with E-state index in [1.54, 1.807) is 7.11 Å². The van der Waals surface area contributed by atoms with Crippen molar-refractivity contribution >= 4 is 0 Å². The molecule has 0 spiro atoms. The van der Waals surface area contributed by atoms with Gasteiger partial charge in [0, 0.05) is 25.2 Å². The zero-order chi connectivity index (χ0) is 19.6. The van der Waals surface area contributed by atoms with E-state index in [0.717, 1.165) is 22.6 Å². The summed E-state index contributed by atoms with van der Waals surface area (Å²) in [5.41, 5.74) is 0.754. The van der Waals surface area contributed by atoms with Crippen molar-refractivity contribution in [3.8, 4) is 17.2 Å². The molecule has 2 aliphatic rings. The minimum atomic E-state index is -0.898. The first-order chi connectivity index (χ1) is 13.6. The molecule has 0 unspecified atom stereocenters. The van der Waals surface area contributed by atoms with Gasteiger partial charge < -0.3 is 29.3 Å². The predicted octanol–water partition coefficient (Wildman–Crippen LogP) is 2.48. The van der Waals surface area contributed by atoms with Gasteiger partial charge in [-0.2, -0.15) is 0 Å². The lowest BCUT2D eigenvalue weighted by Gasteiger charge is -2.39. The molecule has 2 aromatic rings. The maximum absolute atomic E-state index is 11.2. The van der Waals surface area contributed by atoms with E-state index < -0.39 is 11.7 Å². The number of aliphatic hydroxyl groups excluding tert-OH is 1. The summed E-state index contributed by atoms with van der Waals surface area (Å²) in [5.74, 6) is 2.13. The Labute approximate surface area is 165 Å². The second-order valence-corrected chi connectivity index (χ2v) is 7.45. The number of ether oxygens (including phenoxy) is 3. The fraction of sp³-hybridized carbons (Fsp3) is 0.455. The van der Waals surface area contributed by atoms with Gasteiger partial charge in [-0.3, -0.25) is 0 Å². The zero-order valence-electron chi connectivity index (χ0n) is 16.1. The maximum atomic E-state index is 11.2. The first-order valence-corrected chi connectivity index (χ1v) is 9.75. The third-order valence-electron chi connectivity index (χ3n) is 5.67. The first-order valence-electron chi connectivity index (χ1n) is 9.75. The molecule has 6 heteroatoms. The highest BCUT2D eigenvalue weighted by Gasteiger charge is 2.36. The number of fused-ring (bicyclic) bond motifs is 1. The van der Waals surface area contributed by atoms with Crippen LogP contribution in [0.15, 0.2) is 42.5 Å². The number of methoxy groups -OCH3 is 1. The van der Waals surface area contributed by atoms with Crippen LogP contribution in [0.25, 0.3) is 0 Å². The van der Waals surface area contributed by atoms with Crippen molar-refractivity contribution in [2.75, 3.05) is 40.0 Å². The summed E-state index contributed by atoms with van der Waals surface area (Å²) in [6, 6.07) is 13.2. The van der Waals surface area contributed by atoms with E-state index >= 15 is 0 Å². The number of aliphatic hydroxyl groups is 2. The molecule has 2 N–H and O–H groups in total. The van der Waals surface area contributed by atoms with Gasteiger partial charge in [-0.15, -0.1) is 0 Å². The summed E-state index contributed by atoms with van der Waals surface area (Å²) in [7, 11) is 1.63. The molecule has 6 nitrogen and oxygen atoms in total. The van der Waals surface area contributed by atoms with Gasteiger partial charge in [0.2, 0.25) is 0 Å². The SMILES string of the molecule is COc1ccccc1C1(O)CCN(C[C@@H](O)c2ccc3c(c2)OCCO3)CC1. The molecular formula is C22H27NO5. The lowest BCUT2D eigenvalue weighted by atomic mass is 9.83. The van der Waals surface area contributed by atoms with Crippen molar-refractivity contribution in [2.24, 2.45) is 0 Å². The van der Waals surface area contributed by atoms with Crippen molar-refractivity contribution in [1.29, 1.82) is 0 Å². The van der Waals surface area contributed by atoms with Gasteiger partial charge >= 0.3 is 0 Å². The van der Waals surface area contributed by atoms with Crippen molar-refractivity contribution < 1.29 is 24.4 Å². The highest BCUT2D eigenvalue weighted by Crippen LogP contribution is 2.38. The lowest BCUT2D eigenvalue weighted by molar-refractivity contribution is -0.0358. The highest BCUT2D eigenvalue weighted by atomic mass is 16.6. The van der Waals surface area contributed by atoms with Gasteiger partial charge in [0.25, 0.3) is 0 Å². The van der Waals surface area contributed by atoms with Gasteiger partial charge in [0.15, 0.2) is 11.5 Å². The Kier molecular flexibility index (Phi) is 5.44. The molecule has 28 heavy (non-hydrogen) atoms. The van der Waals surface area contributed by atoms with Crippen LogP contribution < -0.4 is 14.2 Å². The Morgan fingerprint density at radius 1 is 1.07 bits per heavy atom. The molecule has 0 aliphatic carbocycles. The summed E-state index contributed by atoms with van der Waals surface area (Å²) in [5, 5.41) is 21.8. The molecule has 150 valence electrons. The van der Waals surface area contributed by atoms with Crippen molar-refractivity contribution in [1.82, 2.24) is 4.90 Å².